The molecule has 0 unspecified atom stereocenters. The lowest BCUT2D eigenvalue weighted by atomic mass is 10.1. The van der Waals surface area contributed by atoms with E-state index in [1.54, 1.807) is 13.2 Å². The van der Waals surface area contributed by atoms with E-state index in [9.17, 15) is 9.59 Å². The average Bonchev–Trinajstić information content (AvgIpc) is 2.76. The predicted molar refractivity (Wildman–Crippen MR) is 84.2 cm³/mol. The lowest BCUT2D eigenvalue weighted by molar-refractivity contribution is -0.143. The highest BCUT2D eigenvalue weighted by atomic mass is 16.5. The first-order valence-corrected chi connectivity index (χ1v) is 7.06. The zero-order chi connectivity index (χ0) is 17.6. The van der Waals surface area contributed by atoms with Crippen molar-refractivity contribution in [2.24, 2.45) is 5.73 Å². The number of nitrogens with zero attached hydrogens (tertiary/aromatic N) is 2. The van der Waals surface area contributed by atoms with Crippen molar-refractivity contribution < 1.29 is 19.1 Å². The monoisotopic (exact) mass is 319 g/mol. The van der Waals surface area contributed by atoms with Gasteiger partial charge in [0, 0.05) is 18.5 Å². The number of methoxy groups -OCH3 is 1. The minimum Gasteiger partial charge on any atom is -0.451 e. The van der Waals surface area contributed by atoms with Crippen molar-refractivity contribution in [1.29, 1.82) is 5.26 Å². The van der Waals surface area contributed by atoms with Gasteiger partial charge in [0.15, 0.2) is 6.61 Å². The number of ether oxygens (including phenoxy) is 2. The molecule has 0 saturated carbocycles. The number of amides is 1. The van der Waals surface area contributed by atoms with E-state index in [0.717, 1.165) is 17.0 Å². The first-order chi connectivity index (χ1) is 10.8. The molecular formula is C16H21N3O4. The number of aromatic nitrogens is 1. The summed E-state index contributed by atoms with van der Waals surface area (Å²) in [7, 11) is 1.63. The normalized spacial score (nSPS) is 12.6. The van der Waals surface area contributed by atoms with E-state index in [0.29, 0.717) is 6.61 Å². The molecule has 2 N–H and O–H groups in total. The summed E-state index contributed by atoms with van der Waals surface area (Å²) in [6, 6.07) is 3.78. The molecule has 0 radical (unpaired) electrons. The summed E-state index contributed by atoms with van der Waals surface area (Å²) in [6.07, 6.45) is 1.45. The molecule has 0 spiro atoms. The fourth-order valence-corrected chi connectivity index (χ4v) is 2.45. The van der Waals surface area contributed by atoms with Crippen molar-refractivity contribution in [3.05, 3.63) is 28.6 Å². The smallest absolute Gasteiger partial charge is 0.349 e. The van der Waals surface area contributed by atoms with Crippen LogP contribution in [0.1, 0.15) is 29.9 Å². The summed E-state index contributed by atoms with van der Waals surface area (Å²) >= 11 is 0. The van der Waals surface area contributed by atoms with E-state index in [2.05, 4.69) is 9.30 Å². The molecule has 1 amide bonds. The number of hydrogen-bond acceptors (Lipinski definition) is 5. The molecule has 0 saturated heterocycles. The third-order valence-corrected chi connectivity index (χ3v) is 3.36. The predicted octanol–water partition coefficient (Wildman–Crippen LogP) is 1.25. The summed E-state index contributed by atoms with van der Waals surface area (Å²) in [4.78, 5) is 22.4. The number of aryl methyl sites for hydroxylation is 1. The van der Waals surface area contributed by atoms with Crippen LogP contribution < -0.4 is 5.73 Å². The maximum atomic E-state index is 11.8. The van der Waals surface area contributed by atoms with Crippen LogP contribution in [0, 0.1) is 25.2 Å². The minimum absolute atomic E-state index is 0.120. The SMILES string of the molecule is COC[C@@H](C)n1c(C)cc(/C=C(\C#N)C(=O)OCC(N)=O)c1C. The average molecular weight is 319 g/mol. The molecule has 0 aliphatic rings. The van der Waals surface area contributed by atoms with Crippen LogP contribution in [0.4, 0.5) is 0 Å². The summed E-state index contributed by atoms with van der Waals surface area (Å²) in [5.41, 5.74) is 7.35. The highest BCUT2D eigenvalue weighted by Gasteiger charge is 2.16. The second-order valence-electron chi connectivity index (χ2n) is 5.21. The Kier molecular flexibility index (Phi) is 6.54. The molecule has 1 aromatic heterocycles. The standard InChI is InChI=1S/C16H21N3O4/c1-10-5-13(12(3)19(10)11(2)8-22-4)6-14(7-17)16(21)23-9-15(18)20/h5-6,11H,8-9H2,1-4H3,(H2,18,20)/b14-6+/t11-/m1/s1. The van der Waals surface area contributed by atoms with E-state index in [-0.39, 0.29) is 11.6 Å². The number of rotatable bonds is 7. The molecule has 0 aliphatic heterocycles. The van der Waals surface area contributed by atoms with Crippen molar-refractivity contribution in [2.45, 2.75) is 26.8 Å². The molecule has 7 nitrogen and oxygen atoms in total. The fourth-order valence-electron chi connectivity index (χ4n) is 2.45. The van der Waals surface area contributed by atoms with Crippen LogP contribution in [0.15, 0.2) is 11.6 Å². The van der Waals surface area contributed by atoms with Gasteiger partial charge < -0.3 is 19.8 Å². The number of primary amides is 1. The number of esters is 1. The summed E-state index contributed by atoms with van der Waals surface area (Å²) in [6.45, 7) is 5.85. The van der Waals surface area contributed by atoms with Crippen molar-refractivity contribution in [1.82, 2.24) is 4.57 Å². The Morgan fingerprint density at radius 1 is 1.48 bits per heavy atom. The molecule has 1 rings (SSSR count). The third-order valence-electron chi connectivity index (χ3n) is 3.36. The highest BCUT2D eigenvalue weighted by molar-refractivity contribution is 5.98. The Balaban J connectivity index is 3.10. The van der Waals surface area contributed by atoms with Gasteiger partial charge in [0.1, 0.15) is 11.6 Å². The quantitative estimate of drug-likeness (QED) is 0.462. The van der Waals surface area contributed by atoms with E-state index in [1.807, 2.05) is 26.8 Å². The molecule has 0 fully saturated rings. The Labute approximate surface area is 135 Å². The van der Waals surface area contributed by atoms with Crippen LogP contribution in [0.3, 0.4) is 0 Å². The largest absolute Gasteiger partial charge is 0.451 e. The molecule has 0 bridgehead atoms. The van der Waals surface area contributed by atoms with Gasteiger partial charge >= 0.3 is 5.97 Å². The van der Waals surface area contributed by atoms with Gasteiger partial charge in [-0.1, -0.05) is 0 Å². The molecule has 1 aromatic rings. The zero-order valence-electron chi connectivity index (χ0n) is 13.8. The van der Waals surface area contributed by atoms with Crippen molar-refractivity contribution in [3.63, 3.8) is 0 Å². The number of carbonyl (C=O) groups is 2. The first kappa shape index (κ1) is 18.5. The second-order valence-corrected chi connectivity index (χ2v) is 5.21. The summed E-state index contributed by atoms with van der Waals surface area (Å²) < 4.78 is 11.9. The number of nitrogens with two attached hydrogens (primary N) is 1. The van der Waals surface area contributed by atoms with Crippen molar-refractivity contribution >= 4 is 18.0 Å². The van der Waals surface area contributed by atoms with Gasteiger partial charge in [-0.3, -0.25) is 4.79 Å². The maximum Gasteiger partial charge on any atom is 0.349 e. The Bertz CT molecular complexity index is 668. The number of carbonyl (C=O) groups excluding carboxylic acids is 2. The van der Waals surface area contributed by atoms with Crippen molar-refractivity contribution in [3.8, 4) is 6.07 Å². The van der Waals surface area contributed by atoms with Gasteiger partial charge in [-0.25, -0.2) is 4.79 Å². The summed E-state index contributed by atoms with van der Waals surface area (Å²) in [5.74, 6) is -1.65. The van der Waals surface area contributed by atoms with Crippen molar-refractivity contribution in [2.75, 3.05) is 20.3 Å². The fraction of sp³-hybridized carbons (Fsp3) is 0.438. The molecule has 0 aromatic carbocycles. The van der Waals surface area contributed by atoms with Gasteiger partial charge in [-0.2, -0.15) is 5.26 Å². The van der Waals surface area contributed by atoms with Gasteiger partial charge in [0.25, 0.3) is 5.91 Å². The lowest BCUT2D eigenvalue weighted by Gasteiger charge is -2.17. The van der Waals surface area contributed by atoms with Gasteiger partial charge in [0.05, 0.1) is 12.6 Å². The third kappa shape index (κ3) is 4.69. The van der Waals surface area contributed by atoms with Gasteiger partial charge in [-0.15, -0.1) is 0 Å². The zero-order valence-corrected chi connectivity index (χ0v) is 13.8. The summed E-state index contributed by atoms with van der Waals surface area (Å²) in [5, 5.41) is 9.12. The topological polar surface area (TPSA) is 107 Å². The minimum atomic E-state index is -0.874. The van der Waals surface area contributed by atoms with E-state index < -0.39 is 18.5 Å². The Hall–Kier alpha value is -2.59. The Morgan fingerprint density at radius 2 is 2.13 bits per heavy atom. The van der Waals surface area contributed by atoms with E-state index in [4.69, 9.17) is 15.7 Å². The van der Waals surface area contributed by atoms with Crippen LogP contribution in [-0.4, -0.2) is 36.8 Å². The van der Waals surface area contributed by atoms with E-state index >= 15 is 0 Å². The highest BCUT2D eigenvalue weighted by Crippen LogP contribution is 2.23. The number of hydrogen-bond donors (Lipinski definition) is 1. The van der Waals surface area contributed by atoms with Crippen LogP contribution in [0.2, 0.25) is 0 Å². The molecule has 0 aliphatic carbocycles. The maximum absolute atomic E-state index is 11.8. The van der Waals surface area contributed by atoms with Gasteiger partial charge in [0.2, 0.25) is 0 Å². The van der Waals surface area contributed by atoms with Gasteiger partial charge in [-0.05, 0) is 38.5 Å². The number of nitriles is 1. The molecular weight excluding hydrogens is 298 g/mol. The van der Waals surface area contributed by atoms with Crippen LogP contribution in [0.25, 0.3) is 6.08 Å². The van der Waals surface area contributed by atoms with Crippen LogP contribution in [0.5, 0.6) is 0 Å². The van der Waals surface area contributed by atoms with Crippen LogP contribution >= 0.6 is 0 Å². The lowest BCUT2D eigenvalue weighted by Crippen LogP contribution is -2.21. The second kappa shape index (κ2) is 8.15. The molecule has 1 atom stereocenters. The molecule has 23 heavy (non-hydrogen) atoms. The molecule has 7 heteroatoms. The first-order valence-electron chi connectivity index (χ1n) is 7.06. The molecule has 1 heterocycles. The van der Waals surface area contributed by atoms with Crippen LogP contribution in [-0.2, 0) is 19.1 Å². The molecule has 124 valence electrons. The Morgan fingerprint density at radius 3 is 2.65 bits per heavy atom. The van der Waals surface area contributed by atoms with E-state index in [1.165, 1.54) is 6.08 Å².